The molecule has 0 amide bonds. The van der Waals surface area contributed by atoms with Gasteiger partial charge in [-0.05, 0) is 46.5 Å². The van der Waals surface area contributed by atoms with Crippen molar-refractivity contribution in [3.63, 3.8) is 0 Å². The van der Waals surface area contributed by atoms with E-state index in [0.29, 0.717) is 29.4 Å². The van der Waals surface area contributed by atoms with Gasteiger partial charge in [-0.25, -0.2) is 0 Å². The second kappa shape index (κ2) is 7.84. The van der Waals surface area contributed by atoms with Crippen LogP contribution in [0.3, 0.4) is 0 Å². The zero-order chi connectivity index (χ0) is 19.3. The van der Waals surface area contributed by atoms with Crippen molar-refractivity contribution in [2.45, 2.75) is 6.61 Å². The summed E-state index contributed by atoms with van der Waals surface area (Å²) >= 11 is 0. The number of rotatable bonds is 6. The Morgan fingerprint density at radius 2 is 1.82 bits per heavy atom. The van der Waals surface area contributed by atoms with Gasteiger partial charge in [0.1, 0.15) is 12.4 Å². The van der Waals surface area contributed by atoms with Gasteiger partial charge in [-0.15, -0.1) is 0 Å². The van der Waals surface area contributed by atoms with Crippen LogP contribution in [0.5, 0.6) is 17.2 Å². The lowest BCUT2D eigenvalue weighted by atomic mass is 9.98. The number of fused-ring (bicyclic) bond motifs is 1. The number of nitrogens with zero attached hydrogens (tertiary/aromatic N) is 1. The van der Waals surface area contributed by atoms with Gasteiger partial charge in [0, 0.05) is 6.08 Å². The van der Waals surface area contributed by atoms with Gasteiger partial charge in [-0.2, -0.15) is 0 Å². The van der Waals surface area contributed by atoms with Crippen LogP contribution in [0.25, 0.3) is 17.2 Å². The molecule has 140 valence electrons. The van der Waals surface area contributed by atoms with E-state index >= 15 is 0 Å². The van der Waals surface area contributed by atoms with Crippen molar-refractivity contribution in [2.75, 3.05) is 6.79 Å². The van der Waals surface area contributed by atoms with Gasteiger partial charge in [0.15, 0.2) is 11.5 Å². The van der Waals surface area contributed by atoms with Crippen molar-refractivity contribution < 1.29 is 19.1 Å². The monoisotopic (exact) mass is 375 g/mol. The molecule has 0 unspecified atom stereocenters. The molecule has 0 fully saturated rings. The molecule has 1 heterocycles. The van der Waals surface area contributed by atoms with E-state index in [4.69, 9.17) is 14.2 Å². The molecule has 0 N–H and O–H groups in total. The summed E-state index contributed by atoms with van der Waals surface area (Å²) in [6.45, 7) is 0.624. The highest BCUT2D eigenvalue weighted by molar-refractivity contribution is 5.78. The molecule has 0 saturated heterocycles. The van der Waals surface area contributed by atoms with Crippen LogP contribution in [0, 0.1) is 10.1 Å². The van der Waals surface area contributed by atoms with Crippen molar-refractivity contribution >= 4 is 6.08 Å². The van der Waals surface area contributed by atoms with Crippen molar-refractivity contribution in [3.8, 4) is 28.4 Å². The molecule has 0 saturated carbocycles. The number of hydrogen-bond donors (Lipinski definition) is 0. The minimum Gasteiger partial charge on any atom is -0.489 e. The highest BCUT2D eigenvalue weighted by Crippen LogP contribution is 2.38. The second-order valence-corrected chi connectivity index (χ2v) is 6.19. The van der Waals surface area contributed by atoms with Gasteiger partial charge in [-0.1, -0.05) is 42.5 Å². The largest absolute Gasteiger partial charge is 0.489 e. The Morgan fingerprint density at radius 1 is 1.00 bits per heavy atom. The normalized spacial score (nSPS) is 12.3. The van der Waals surface area contributed by atoms with E-state index < -0.39 is 4.92 Å². The van der Waals surface area contributed by atoms with Gasteiger partial charge in [0.25, 0.3) is 0 Å². The van der Waals surface area contributed by atoms with E-state index in [-0.39, 0.29) is 6.79 Å². The highest BCUT2D eigenvalue weighted by Gasteiger charge is 2.15. The Labute approximate surface area is 161 Å². The lowest BCUT2D eigenvalue weighted by Gasteiger charge is -2.12. The molecule has 6 nitrogen and oxygen atoms in total. The van der Waals surface area contributed by atoms with Crippen LogP contribution in [0.2, 0.25) is 0 Å². The summed E-state index contributed by atoms with van der Waals surface area (Å²) in [4.78, 5) is 10.3. The highest BCUT2D eigenvalue weighted by atomic mass is 16.7. The maximum Gasteiger partial charge on any atom is 0.235 e. The SMILES string of the molecule is O=[N+]([O-])/C=C/c1ccc(OCc2ccccc2)cc1-c1ccc2c(c1)OCO2. The van der Waals surface area contributed by atoms with Gasteiger partial charge in [0.05, 0.1) is 4.92 Å². The van der Waals surface area contributed by atoms with Crippen LogP contribution in [-0.2, 0) is 6.61 Å². The van der Waals surface area contributed by atoms with Crippen LogP contribution in [0.15, 0.2) is 72.9 Å². The Kier molecular flexibility index (Phi) is 4.93. The number of ether oxygens (including phenoxy) is 3. The Morgan fingerprint density at radius 3 is 2.64 bits per heavy atom. The fourth-order valence-corrected chi connectivity index (χ4v) is 2.97. The Balaban J connectivity index is 1.67. The summed E-state index contributed by atoms with van der Waals surface area (Å²) < 4.78 is 16.7. The first-order valence-corrected chi connectivity index (χ1v) is 8.71. The molecular weight excluding hydrogens is 358 g/mol. The standard InChI is InChI=1S/C22H17NO5/c24-23(25)11-10-17-6-8-19(26-14-16-4-2-1-3-5-16)13-20(17)18-7-9-21-22(12-18)28-15-27-21/h1-13H,14-15H2/b11-10+. The maximum atomic E-state index is 10.8. The Hall–Kier alpha value is -3.80. The van der Waals surface area contributed by atoms with Crippen LogP contribution in [0.1, 0.15) is 11.1 Å². The molecule has 1 aliphatic heterocycles. The number of nitro groups is 1. The smallest absolute Gasteiger partial charge is 0.235 e. The molecule has 0 spiro atoms. The third-order valence-electron chi connectivity index (χ3n) is 4.33. The molecule has 0 bridgehead atoms. The van der Waals surface area contributed by atoms with E-state index in [2.05, 4.69) is 0 Å². The molecule has 3 aromatic rings. The summed E-state index contributed by atoms with van der Waals surface area (Å²) in [5.41, 5.74) is 3.44. The lowest BCUT2D eigenvalue weighted by Crippen LogP contribution is -1.96. The summed E-state index contributed by atoms with van der Waals surface area (Å²) in [7, 11) is 0. The summed E-state index contributed by atoms with van der Waals surface area (Å²) in [6.07, 6.45) is 2.40. The van der Waals surface area contributed by atoms with Crippen molar-refractivity contribution in [1.82, 2.24) is 0 Å². The van der Waals surface area contributed by atoms with Gasteiger partial charge in [0.2, 0.25) is 13.0 Å². The molecule has 0 atom stereocenters. The van der Waals surface area contributed by atoms with Crippen LogP contribution >= 0.6 is 0 Å². The number of benzene rings is 3. The zero-order valence-electron chi connectivity index (χ0n) is 14.9. The number of hydrogen-bond acceptors (Lipinski definition) is 5. The average molecular weight is 375 g/mol. The first kappa shape index (κ1) is 17.6. The van der Waals surface area contributed by atoms with E-state index in [1.807, 2.05) is 54.6 Å². The third kappa shape index (κ3) is 3.96. The molecule has 28 heavy (non-hydrogen) atoms. The molecule has 0 radical (unpaired) electrons. The molecule has 1 aliphatic rings. The molecule has 4 rings (SSSR count). The minimum atomic E-state index is -0.483. The predicted octanol–water partition coefficient (Wildman–Crippen LogP) is 4.91. The fraction of sp³-hybridized carbons (Fsp3) is 0.0909. The maximum absolute atomic E-state index is 10.8. The van der Waals surface area contributed by atoms with E-state index in [1.54, 1.807) is 12.1 Å². The predicted molar refractivity (Wildman–Crippen MR) is 105 cm³/mol. The molecule has 3 aromatic carbocycles. The van der Waals surface area contributed by atoms with Crippen molar-refractivity contribution in [1.29, 1.82) is 0 Å². The van der Waals surface area contributed by atoms with E-state index in [9.17, 15) is 10.1 Å². The summed E-state index contributed by atoms with van der Waals surface area (Å²) in [5.74, 6) is 2.01. The molecule has 0 aromatic heterocycles. The van der Waals surface area contributed by atoms with Crippen molar-refractivity contribution in [2.24, 2.45) is 0 Å². The molecule has 0 aliphatic carbocycles. The van der Waals surface area contributed by atoms with E-state index in [0.717, 1.165) is 22.9 Å². The summed E-state index contributed by atoms with van der Waals surface area (Å²) in [6, 6.07) is 20.9. The van der Waals surface area contributed by atoms with Gasteiger partial charge >= 0.3 is 0 Å². The van der Waals surface area contributed by atoms with Gasteiger partial charge < -0.3 is 14.2 Å². The van der Waals surface area contributed by atoms with Crippen LogP contribution in [-0.4, -0.2) is 11.7 Å². The lowest BCUT2D eigenvalue weighted by molar-refractivity contribution is -0.400. The van der Waals surface area contributed by atoms with E-state index in [1.165, 1.54) is 6.08 Å². The van der Waals surface area contributed by atoms with Crippen LogP contribution < -0.4 is 14.2 Å². The first-order valence-electron chi connectivity index (χ1n) is 8.71. The second-order valence-electron chi connectivity index (χ2n) is 6.19. The Bertz CT molecular complexity index is 1030. The van der Waals surface area contributed by atoms with Gasteiger partial charge in [-0.3, -0.25) is 10.1 Å². The third-order valence-corrected chi connectivity index (χ3v) is 4.33. The van der Waals surface area contributed by atoms with Crippen LogP contribution in [0.4, 0.5) is 0 Å². The fourth-order valence-electron chi connectivity index (χ4n) is 2.97. The molecular formula is C22H17NO5. The van der Waals surface area contributed by atoms with Crippen molar-refractivity contribution in [3.05, 3.63) is 94.2 Å². The first-order chi connectivity index (χ1) is 13.7. The minimum absolute atomic E-state index is 0.188. The summed E-state index contributed by atoms with van der Waals surface area (Å²) in [5, 5.41) is 10.8. The topological polar surface area (TPSA) is 70.8 Å². The molecule has 6 heteroatoms. The average Bonchev–Trinajstić information content (AvgIpc) is 3.19. The zero-order valence-corrected chi connectivity index (χ0v) is 14.9. The quantitative estimate of drug-likeness (QED) is 0.452.